The van der Waals surface area contributed by atoms with E-state index >= 15 is 0 Å². The molecule has 10 heteroatoms. The zero-order valence-electron chi connectivity index (χ0n) is 25.6. The van der Waals surface area contributed by atoms with Crippen molar-refractivity contribution in [1.29, 1.82) is 0 Å². The quantitative estimate of drug-likeness (QED) is 0.372. The van der Waals surface area contributed by atoms with Gasteiger partial charge >= 0.3 is 12.1 Å². The van der Waals surface area contributed by atoms with Gasteiger partial charge in [0.05, 0.1) is 18.7 Å². The molecular formula is C35H37N3O7. The largest absolute Gasteiger partial charge is 0.481 e. The highest BCUT2D eigenvalue weighted by Gasteiger charge is 2.43. The summed E-state index contributed by atoms with van der Waals surface area (Å²) in [6.07, 6.45) is -0.436. The first-order valence-electron chi connectivity index (χ1n) is 15.0. The zero-order valence-corrected chi connectivity index (χ0v) is 25.6. The molecule has 3 aromatic carbocycles. The molecule has 0 fully saturated rings. The van der Waals surface area contributed by atoms with Crippen LogP contribution in [0.5, 0.6) is 0 Å². The van der Waals surface area contributed by atoms with Gasteiger partial charge in [-0.15, -0.1) is 0 Å². The van der Waals surface area contributed by atoms with E-state index in [-0.39, 0.29) is 25.2 Å². The molecule has 0 spiro atoms. The van der Waals surface area contributed by atoms with E-state index in [1.165, 1.54) is 14.7 Å². The third-order valence-electron chi connectivity index (χ3n) is 8.01. The van der Waals surface area contributed by atoms with E-state index in [9.17, 15) is 29.1 Å². The van der Waals surface area contributed by atoms with Gasteiger partial charge in [0, 0.05) is 24.6 Å². The van der Waals surface area contributed by atoms with Gasteiger partial charge < -0.3 is 19.6 Å². The summed E-state index contributed by atoms with van der Waals surface area (Å²) in [5, 5.41) is 9.62. The second kappa shape index (κ2) is 12.9. The lowest BCUT2D eigenvalue weighted by Gasteiger charge is -2.38. The maximum Gasteiger partial charge on any atom is 0.415 e. The van der Waals surface area contributed by atoms with E-state index < -0.39 is 54.7 Å². The monoisotopic (exact) mass is 611 g/mol. The summed E-state index contributed by atoms with van der Waals surface area (Å²) in [5.74, 6) is -2.48. The standard InChI is InChI=1S/C35H37N3O7/c1-35(2,3)45-34(44)38-28-16-10-9-14-25(28)18-29(38)33(43)36(21-30(39)23-11-5-4-6-12-23)22-31(40)37-20-26-15-8-7-13-24(26)17-27(37)19-32(41)42/h4-16,27,29H,17-22H2,1-3H3,(H,41,42)/t27-,29-/m1/s1. The number of hydrogen-bond donors (Lipinski definition) is 1. The van der Waals surface area contributed by atoms with Crippen molar-refractivity contribution in [3.05, 3.63) is 101 Å². The number of carboxylic acid groups (broad SMARTS) is 1. The van der Waals surface area contributed by atoms with Crippen LogP contribution in [-0.4, -0.2) is 75.3 Å². The number of benzene rings is 3. The van der Waals surface area contributed by atoms with Crippen LogP contribution in [0.25, 0.3) is 0 Å². The number of hydrogen-bond acceptors (Lipinski definition) is 6. The summed E-state index contributed by atoms with van der Waals surface area (Å²) in [4.78, 5) is 71.0. The number of ether oxygens (including phenoxy) is 1. The highest BCUT2D eigenvalue weighted by Crippen LogP contribution is 2.34. The summed E-state index contributed by atoms with van der Waals surface area (Å²) in [7, 11) is 0. The van der Waals surface area contributed by atoms with Crippen molar-refractivity contribution in [1.82, 2.24) is 9.80 Å². The number of aliphatic carboxylic acids is 1. The molecule has 0 unspecified atom stereocenters. The van der Waals surface area contributed by atoms with Crippen molar-refractivity contribution in [2.45, 2.75) is 64.3 Å². The van der Waals surface area contributed by atoms with Crippen LogP contribution >= 0.6 is 0 Å². The van der Waals surface area contributed by atoms with Crippen molar-refractivity contribution >= 4 is 35.3 Å². The summed E-state index contributed by atoms with van der Waals surface area (Å²) < 4.78 is 5.67. The first-order chi connectivity index (χ1) is 21.4. The molecule has 0 saturated heterocycles. The van der Waals surface area contributed by atoms with Gasteiger partial charge in [0.2, 0.25) is 11.8 Å². The number of anilines is 1. The smallest absolute Gasteiger partial charge is 0.415 e. The molecule has 0 saturated carbocycles. The molecule has 1 N–H and O–H groups in total. The number of para-hydroxylation sites is 1. The molecule has 2 aliphatic heterocycles. The Labute approximate surface area is 262 Å². The first-order valence-corrected chi connectivity index (χ1v) is 15.0. The van der Waals surface area contributed by atoms with Crippen LogP contribution in [0.4, 0.5) is 10.5 Å². The van der Waals surface area contributed by atoms with Gasteiger partial charge in [-0.05, 0) is 49.9 Å². The Morgan fingerprint density at radius 2 is 1.44 bits per heavy atom. The normalized spacial score (nSPS) is 17.2. The maximum absolute atomic E-state index is 14.4. The van der Waals surface area contributed by atoms with Crippen LogP contribution in [0, 0.1) is 0 Å². The predicted molar refractivity (Wildman–Crippen MR) is 167 cm³/mol. The average Bonchev–Trinajstić information content (AvgIpc) is 3.39. The molecule has 2 aliphatic rings. The van der Waals surface area contributed by atoms with Gasteiger partial charge in [0.15, 0.2) is 5.78 Å². The van der Waals surface area contributed by atoms with Crippen LogP contribution < -0.4 is 4.90 Å². The number of fused-ring (bicyclic) bond motifs is 2. The minimum absolute atomic E-state index is 0.178. The van der Waals surface area contributed by atoms with Crippen LogP contribution in [0.1, 0.15) is 54.2 Å². The molecule has 5 rings (SSSR count). The number of ketones is 1. The number of nitrogens with zero attached hydrogens (tertiary/aromatic N) is 3. The van der Waals surface area contributed by atoms with E-state index in [1.54, 1.807) is 63.2 Å². The Morgan fingerprint density at radius 3 is 2.11 bits per heavy atom. The average molecular weight is 612 g/mol. The number of rotatable bonds is 8. The predicted octanol–water partition coefficient (Wildman–Crippen LogP) is 4.49. The number of carbonyl (C=O) groups excluding carboxylic acids is 4. The molecule has 3 amide bonds. The maximum atomic E-state index is 14.4. The zero-order chi connectivity index (χ0) is 32.3. The molecule has 2 heterocycles. The van der Waals surface area contributed by atoms with E-state index in [0.29, 0.717) is 17.7 Å². The van der Waals surface area contributed by atoms with Gasteiger partial charge in [-0.3, -0.25) is 24.1 Å². The second-order valence-electron chi connectivity index (χ2n) is 12.4. The fourth-order valence-electron chi connectivity index (χ4n) is 5.95. The summed E-state index contributed by atoms with van der Waals surface area (Å²) in [6.45, 7) is 4.51. The highest BCUT2D eigenvalue weighted by atomic mass is 16.6. The molecule has 3 aromatic rings. The number of Topliss-reactive ketones (excluding diaryl/α,β-unsaturated/α-hetero) is 1. The molecule has 0 bridgehead atoms. The van der Waals surface area contributed by atoms with Crippen LogP contribution in [0.2, 0.25) is 0 Å². The van der Waals surface area contributed by atoms with Crippen molar-refractivity contribution in [3.63, 3.8) is 0 Å². The first kappa shape index (κ1) is 31.4. The molecule has 234 valence electrons. The Morgan fingerprint density at radius 1 is 0.822 bits per heavy atom. The van der Waals surface area contributed by atoms with Gasteiger partial charge in [-0.1, -0.05) is 72.8 Å². The van der Waals surface area contributed by atoms with Crippen molar-refractivity contribution in [2.24, 2.45) is 0 Å². The van der Waals surface area contributed by atoms with E-state index in [1.807, 2.05) is 36.4 Å². The lowest BCUT2D eigenvalue weighted by Crippen LogP contribution is -2.55. The van der Waals surface area contributed by atoms with Crippen LogP contribution in [0.3, 0.4) is 0 Å². The van der Waals surface area contributed by atoms with Gasteiger partial charge in [-0.2, -0.15) is 0 Å². The van der Waals surface area contributed by atoms with Crippen molar-refractivity contribution < 1.29 is 33.8 Å². The Bertz CT molecular complexity index is 1610. The highest BCUT2D eigenvalue weighted by molar-refractivity contribution is 6.04. The second-order valence-corrected chi connectivity index (χ2v) is 12.4. The van der Waals surface area contributed by atoms with Crippen LogP contribution in [-0.2, 0) is 38.5 Å². The Balaban J connectivity index is 1.47. The van der Waals surface area contributed by atoms with Gasteiger partial charge in [0.25, 0.3) is 0 Å². The van der Waals surface area contributed by atoms with E-state index in [0.717, 1.165) is 16.7 Å². The fourth-order valence-corrected chi connectivity index (χ4v) is 5.95. The fraction of sp³-hybridized carbons (Fsp3) is 0.343. The minimum Gasteiger partial charge on any atom is -0.481 e. The summed E-state index contributed by atoms with van der Waals surface area (Å²) in [6, 6.07) is 21.5. The molecule has 10 nitrogen and oxygen atoms in total. The SMILES string of the molecule is CC(C)(C)OC(=O)N1c2ccccc2C[C@@H]1C(=O)N(CC(=O)c1ccccc1)CC(=O)N1Cc2ccccc2C[C@@H]1CC(=O)O. The molecule has 45 heavy (non-hydrogen) atoms. The summed E-state index contributed by atoms with van der Waals surface area (Å²) in [5.41, 5.74) is 2.70. The van der Waals surface area contributed by atoms with E-state index in [4.69, 9.17) is 4.74 Å². The third kappa shape index (κ3) is 7.22. The lowest BCUT2D eigenvalue weighted by molar-refractivity contribution is -0.145. The molecule has 0 aliphatic carbocycles. The number of amides is 3. The molecule has 0 aromatic heterocycles. The minimum atomic E-state index is -1.05. The van der Waals surface area contributed by atoms with Gasteiger partial charge in [0.1, 0.15) is 18.2 Å². The van der Waals surface area contributed by atoms with Crippen LogP contribution in [0.15, 0.2) is 78.9 Å². The summed E-state index contributed by atoms with van der Waals surface area (Å²) >= 11 is 0. The number of carbonyl (C=O) groups is 5. The van der Waals surface area contributed by atoms with E-state index in [2.05, 4.69) is 0 Å². The Hall–Kier alpha value is -4.99. The Kier molecular flexibility index (Phi) is 9.04. The molecular weight excluding hydrogens is 574 g/mol. The molecule has 0 radical (unpaired) electrons. The lowest BCUT2D eigenvalue weighted by atomic mass is 9.92. The van der Waals surface area contributed by atoms with Crippen molar-refractivity contribution in [2.75, 3.05) is 18.0 Å². The topological polar surface area (TPSA) is 125 Å². The molecule has 2 atom stereocenters. The van der Waals surface area contributed by atoms with Gasteiger partial charge in [-0.25, -0.2) is 4.79 Å². The number of carboxylic acids is 1. The third-order valence-corrected chi connectivity index (χ3v) is 8.01. The van der Waals surface area contributed by atoms with Crippen molar-refractivity contribution in [3.8, 4) is 0 Å².